The van der Waals surface area contributed by atoms with Crippen molar-refractivity contribution in [2.75, 3.05) is 43.8 Å². The number of nitrogen functional groups attached to an aromatic ring is 1. The van der Waals surface area contributed by atoms with Crippen molar-refractivity contribution in [2.45, 2.75) is 31.7 Å². The summed E-state index contributed by atoms with van der Waals surface area (Å²) in [6.45, 7) is 2.24. The van der Waals surface area contributed by atoms with Gasteiger partial charge in [0.15, 0.2) is 5.76 Å². The van der Waals surface area contributed by atoms with Gasteiger partial charge in [-0.3, -0.25) is 9.69 Å². The van der Waals surface area contributed by atoms with Gasteiger partial charge in [0.05, 0.1) is 12.8 Å². The zero-order valence-corrected chi connectivity index (χ0v) is 18.1. The molecule has 2 fully saturated rings. The van der Waals surface area contributed by atoms with Gasteiger partial charge < -0.3 is 20.4 Å². The Bertz CT molecular complexity index is 1130. The molecule has 1 aliphatic carbocycles. The van der Waals surface area contributed by atoms with E-state index < -0.39 is 12.0 Å². The van der Waals surface area contributed by atoms with Crippen LogP contribution in [-0.4, -0.2) is 85.0 Å². The first kappa shape index (κ1) is 21.5. The summed E-state index contributed by atoms with van der Waals surface area (Å²) >= 11 is 0. The van der Waals surface area contributed by atoms with Crippen LogP contribution in [0.15, 0.2) is 22.8 Å². The molecule has 1 atom stereocenters. The van der Waals surface area contributed by atoms with Gasteiger partial charge in [-0.15, -0.1) is 5.10 Å². The topological polar surface area (TPSA) is 131 Å². The average Bonchev–Trinajstić information content (AvgIpc) is 3.27. The van der Waals surface area contributed by atoms with Gasteiger partial charge in [-0.25, -0.2) is 8.78 Å². The van der Waals surface area contributed by atoms with Gasteiger partial charge in [-0.1, -0.05) is 0 Å². The summed E-state index contributed by atoms with van der Waals surface area (Å²) in [5.74, 6) is -1.39. The minimum Gasteiger partial charge on any atom is -0.461 e. The number of carbonyl (C=O) groups is 1. The number of hydrogen-bond donors (Lipinski definition) is 2. The van der Waals surface area contributed by atoms with E-state index in [4.69, 9.17) is 10.2 Å². The van der Waals surface area contributed by atoms with E-state index >= 15 is 0 Å². The number of nitrogens with two attached hydrogens (primary N) is 1. The first-order valence-electron chi connectivity index (χ1n) is 10.9. The van der Waals surface area contributed by atoms with Crippen molar-refractivity contribution in [3.8, 4) is 11.6 Å². The molecule has 33 heavy (non-hydrogen) atoms. The molecular formula is C20H25F2N9O2. The number of aromatic nitrogens is 5. The van der Waals surface area contributed by atoms with E-state index in [0.29, 0.717) is 37.8 Å². The first-order valence-corrected chi connectivity index (χ1v) is 10.9. The molecular weight excluding hydrogens is 436 g/mol. The molecule has 1 aliphatic heterocycles. The van der Waals surface area contributed by atoms with Crippen LogP contribution in [0.2, 0.25) is 0 Å². The van der Waals surface area contributed by atoms with Crippen molar-refractivity contribution >= 4 is 23.6 Å². The Balaban J connectivity index is 1.30. The lowest BCUT2D eigenvalue weighted by atomic mass is 10.1. The lowest BCUT2D eigenvalue weighted by molar-refractivity contribution is -0.134. The number of alkyl halides is 2. The molecule has 2 aliphatic rings. The van der Waals surface area contributed by atoms with Crippen LogP contribution in [0.4, 0.5) is 20.7 Å². The predicted octanol–water partition coefficient (Wildman–Crippen LogP) is 1.35. The second kappa shape index (κ2) is 8.21. The number of nitrogens with one attached hydrogen (secondary N) is 1. The minimum atomic E-state index is -2.75. The van der Waals surface area contributed by atoms with E-state index in [1.165, 1.54) is 10.8 Å². The number of fused-ring (bicyclic) bond motifs is 1. The van der Waals surface area contributed by atoms with Crippen molar-refractivity contribution in [1.29, 1.82) is 0 Å². The number of nitrogens with zero attached hydrogens (tertiary/aromatic N) is 7. The molecule has 1 saturated heterocycles. The normalized spacial score (nSPS) is 18.6. The Labute approximate surface area is 188 Å². The van der Waals surface area contributed by atoms with Crippen molar-refractivity contribution in [1.82, 2.24) is 34.4 Å². The Kier molecular flexibility index (Phi) is 5.35. The molecule has 4 heterocycles. The van der Waals surface area contributed by atoms with Crippen LogP contribution in [0, 0.1) is 5.92 Å². The number of amides is 1. The zero-order chi connectivity index (χ0) is 23.2. The third kappa shape index (κ3) is 4.72. The molecule has 0 unspecified atom stereocenters. The summed E-state index contributed by atoms with van der Waals surface area (Å²) in [6.07, 6.45) is 3.34. The van der Waals surface area contributed by atoms with E-state index in [2.05, 4.69) is 25.4 Å². The fraction of sp³-hybridized carbons (Fsp3) is 0.550. The summed E-state index contributed by atoms with van der Waals surface area (Å²) in [5.41, 5.74) is 6.05. The Hall–Kier alpha value is -3.35. The standard InChI is InChI=1S/C20H25F2N9O2/c1-20(21,22)11-29-6-8-30(9-7-29)16(32)14(12-4-5-12)24-18-26-17(23)31-19(27-18)25-15(28-31)13-3-2-10-33-13/h2-3,10,12,14H,4-9,11H2,1H3,(H3,23,24,25,26,27,28)/t14-/m0/s1. The quantitative estimate of drug-likeness (QED) is 0.535. The SMILES string of the molecule is CC(F)(F)CN1CCN(C(=O)[C@@H](Nc2nc(N)n3nc(-c4ccco4)nc3n2)C2CC2)CC1. The minimum absolute atomic E-state index is 0.0731. The zero-order valence-electron chi connectivity index (χ0n) is 18.1. The third-order valence-electron chi connectivity index (χ3n) is 5.80. The van der Waals surface area contributed by atoms with Crippen LogP contribution in [0.3, 0.4) is 0 Å². The summed E-state index contributed by atoms with van der Waals surface area (Å²) in [7, 11) is 0. The second-order valence-corrected chi connectivity index (χ2v) is 8.66. The van der Waals surface area contributed by atoms with Crippen LogP contribution >= 0.6 is 0 Å². The van der Waals surface area contributed by atoms with Gasteiger partial charge >= 0.3 is 0 Å². The molecule has 1 amide bonds. The molecule has 0 aromatic carbocycles. The monoisotopic (exact) mass is 461 g/mol. The number of halogens is 2. The first-order chi connectivity index (χ1) is 15.8. The molecule has 3 aromatic rings. The number of piperazine rings is 1. The molecule has 1 saturated carbocycles. The molecule has 3 aromatic heterocycles. The number of rotatable bonds is 7. The summed E-state index contributed by atoms with van der Waals surface area (Å²) in [5, 5.41) is 7.40. The highest BCUT2D eigenvalue weighted by Gasteiger charge is 2.40. The number of hydrogen-bond acceptors (Lipinski definition) is 9. The molecule has 13 heteroatoms. The highest BCUT2D eigenvalue weighted by Crippen LogP contribution is 2.35. The van der Waals surface area contributed by atoms with Crippen molar-refractivity contribution in [3.05, 3.63) is 18.4 Å². The fourth-order valence-corrected chi connectivity index (χ4v) is 4.05. The predicted molar refractivity (Wildman–Crippen MR) is 114 cm³/mol. The van der Waals surface area contributed by atoms with Gasteiger partial charge in [0.2, 0.25) is 23.6 Å². The van der Waals surface area contributed by atoms with Crippen LogP contribution in [0.1, 0.15) is 19.8 Å². The fourth-order valence-electron chi connectivity index (χ4n) is 4.05. The Morgan fingerprint density at radius 2 is 2.03 bits per heavy atom. The van der Waals surface area contributed by atoms with Gasteiger partial charge in [-0.05, 0) is 30.9 Å². The number of furan rings is 1. The highest BCUT2D eigenvalue weighted by molar-refractivity contribution is 5.85. The second-order valence-electron chi connectivity index (χ2n) is 8.66. The van der Waals surface area contributed by atoms with E-state index in [1.807, 2.05) is 0 Å². The van der Waals surface area contributed by atoms with E-state index in [-0.39, 0.29) is 36.0 Å². The van der Waals surface area contributed by atoms with Gasteiger partial charge in [0, 0.05) is 33.1 Å². The number of carbonyl (C=O) groups excluding carboxylic acids is 1. The maximum atomic E-state index is 13.3. The van der Waals surface area contributed by atoms with Crippen LogP contribution in [0.25, 0.3) is 17.4 Å². The van der Waals surface area contributed by atoms with Gasteiger partial charge in [0.1, 0.15) is 6.04 Å². The molecule has 0 radical (unpaired) electrons. The Morgan fingerprint density at radius 3 is 2.67 bits per heavy atom. The largest absolute Gasteiger partial charge is 0.461 e. The Morgan fingerprint density at radius 1 is 1.27 bits per heavy atom. The summed E-state index contributed by atoms with van der Waals surface area (Å²) in [6, 6.07) is 2.93. The summed E-state index contributed by atoms with van der Waals surface area (Å²) in [4.78, 5) is 29.6. The van der Waals surface area contributed by atoms with Gasteiger partial charge in [-0.2, -0.15) is 19.5 Å². The van der Waals surface area contributed by atoms with E-state index in [0.717, 1.165) is 19.8 Å². The lowest BCUT2D eigenvalue weighted by Crippen LogP contribution is -2.54. The van der Waals surface area contributed by atoms with E-state index in [9.17, 15) is 13.6 Å². The van der Waals surface area contributed by atoms with Gasteiger partial charge in [0.25, 0.3) is 11.7 Å². The van der Waals surface area contributed by atoms with Crippen molar-refractivity contribution in [3.63, 3.8) is 0 Å². The molecule has 3 N–H and O–H groups in total. The lowest BCUT2D eigenvalue weighted by Gasteiger charge is -2.37. The molecule has 11 nitrogen and oxygen atoms in total. The molecule has 0 bridgehead atoms. The smallest absolute Gasteiger partial charge is 0.259 e. The van der Waals surface area contributed by atoms with Crippen molar-refractivity contribution in [2.24, 2.45) is 5.92 Å². The molecule has 5 rings (SSSR count). The van der Waals surface area contributed by atoms with Crippen LogP contribution in [0.5, 0.6) is 0 Å². The molecule has 0 spiro atoms. The summed E-state index contributed by atoms with van der Waals surface area (Å²) < 4.78 is 33.2. The highest BCUT2D eigenvalue weighted by atomic mass is 19.3. The van der Waals surface area contributed by atoms with Crippen LogP contribution in [-0.2, 0) is 4.79 Å². The maximum Gasteiger partial charge on any atom is 0.259 e. The van der Waals surface area contributed by atoms with Crippen molar-refractivity contribution < 1.29 is 18.0 Å². The maximum absolute atomic E-state index is 13.3. The average molecular weight is 461 g/mol. The third-order valence-corrected chi connectivity index (χ3v) is 5.80. The molecule has 176 valence electrons. The van der Waals surface area contributed by atoms with E-state index in [1.54, 1.807) is 21.9 Å². The van der Waals surface area contributed by atoms with Crippen LogP contribution < -0.4 is 11.1 Å². The number of anilines is 2.